The van der Waals surface area contributed by atoms with Crippen LogP contribution in [0.25, 0.3) is 0 Å². The molecule has 1 aliphatic carbocycles. The molecule has 1 unspecified atom stereocenters. The fraction of sp³-hybridized carbons (Fsp3) is 1.00. The van der Waals surface area contributed by atoms with Crippen molar-refractivity contribution in [2.45, 2.75) is 56.7 Å². The Bertz CT molecular complexity index is 269. The van der Waals surface area contributed by atoms with E-state index in [-0.39, 0.29) is 11.3 Å². The smallest absolute Gasteiger partial charge is 0.212 e. The summed E-state index contributed by atoms with van der Waals surface area (Å²) >= 11 is 5.69. The van der Waals surface area contributed by atoms with Gasteiger partial charge in [0.1, 0.15) is 0 Å². The van der Waals surface area contributed by atoms with E-state index in [1.54, 1.807) is 0 Å². The summed E-state index contributed by atoms with van der Waals surface area (Å²) in [6, 6.07) is -0.112. The highest BCUT2D eigenvalue weighted by atomic mass is 35.5. The second kappa shape index (κ2) is 6.06. The Morgan fingerprint density at radius 3 is 2.40 bits per heavy atom. The van der Waals surface area contributed by atoms with Crippen LogP contribution in [-0.4, -0.2) is 25.6 Å². The van der Waals surface area contributed by atoms with Crippen LogP contribution in [0.5, 0.6) is 0 Å². The Balaban J connectivity index is 2.56. The highest BCUT2D eigenvalue weighted by Crippen LogP contribution is 2.23. The maximum Gasteiger partial charge on any atom is 0.214 e. The standard InChI is InChI=1S/C10H20ClNO2S/c1-2-9(8-11)12-15(13,14)10-6-4-3-5-7-10/h9-10,12H,2-8H2,1H3. The second-order valence-corrected chi connectivity index (χ2v) is 6.48. The van der Waals surface area contributed by atoms with Crippen LogP contribution in [0.3, 0.4) is 0 Å². The van der Waals surface area contributed by atoms with Crippen molar-refractivity contribution >= 4 is 21.6 Å². The van der Waals surface area contributed by atoms with E-state index in [1.165, 1.54) is 6.42 Å². The normalized spacial score (nSPS) is 21.5. The largest absolute Gasteiger partial charge is 0.214 e. The SMILES string of the molecule is CCC(CCl)NS(=O)(=O)C1CCCCC1. The molecule has 0 heterocycles. The summed E-state index contributed by atoms with van der Waals surface area (Å²) in [5, 5.41) is -0.191. The minimum absolute atomic E-state index is 0.112. The molecule has 1 rings (SSSR count). The van der Waals surface area contributed by atoms with Crippen molar-refractivity contribution in [2.75, 3.05) is 5.88 Å². The molecule has 0 amide bonds. The monoisotopic (exact) mass is 253 g/mol. The van der Waals surface area contributed by atoms with Gasteiger partial charge in [-0.3, -0.25) is 0 Å². The molecule has 0 aromatic rings. The molecule has 0 saturated heterocycles. The lowest BCUT2D eigenvalue weighted by atomic mass is 10.0. The van der Waals surface area contributed by atoms with Gasteiger partial charge in [0, 0.05) is 11.9 Å². The quantitative estimate of drug-likeness (QED) is 0.764. The van der Waals surface area contributed by atoms with E-state index in [2.05, 4.69) is 4.72 Å². The predicted octanol–water partition coefficient (Wildman–Crippen LogP) is 2.26. The second-order valence-electron chi connectivity index (χ2n) is 4.18. The highest BCUT2D eigenvalue weighted by molar-refractivity contribution is 7.90. The van der Waals surface area contributed by atoms with Crippen molar-refractivity contribution in [1.29, 1.82) is 0 Å². The van der Waals surface area contributed by atoms with Crippen LogP contribution in [0.4, 0.5) is 0 Å². The molecule has 0 aromatic carbocycles. The summed E-state index contributed by atoms with van der Waals surface area (Å²) in [5.41, 5.74) is 0. The van der Waals surface area contributed by atoms with Gasteiger partial charge in [0.15, 0.2) is 0 Å². The van der Waals surface area contributed by atoms with Crippen molar-refractivity contribution < 1.29 is 8.42 Å². The van der Waals surface area contributed by atoms with Crippen molar-refractivity contribution in [2.24, 2.45) is 0 Å². The molecular formula is C10H20ClNO2S. The molecule has 0 aromatic heterocycles. The van der Waals surface area contributed by atoms with E-state index in [9.17, 15) is 8.42 Å². The Labute approximate surface area is 97.6 Å². The Morgan fingerprint density at radius 2 is 1.93 bits per heavy atom. The minimum Gasteiger partial charge on any atom is -0.212 e. The third-order valence-corrected chi connectivity index (χ3v) is 5.38. The van der Waals surface area contributed by atoms with E-state index in [0.717, 1.165) is 32.1 Å². The number of hydrogen-bond acceptors (Lipinski definition) is 2. The summed E-state index contributed by atoms with van der Waals surface area (Å²) < 4.78 is 26.6. The van der Waals surface area contributed by atoms with E-state index < -0.39 is 10.0 Å². The van der Waals surface area contributed by atoms with Crippen LogP contribution in [-0.2, 0) is 10.0 Å². The maximum absolute atomic E-state index is 11.9. The lowest BCUT2D eigenvalue weighted by Crippen LogP contribution is -2.42. The van der Waals surface area contributed by atoms with Gasteiger partial charge in [-0.05, 0) is 19.3 Å². The topological polar surface area (TPSA) is 46.2 Å². The fourth-order valence-corrected chi connectivity index (χ4v) is 4.18. The number of halogens is 1. The first kappa shape index (κ1) is 13.3. The average Bonchev–Trinajstić information content (AvgIpc) is 2.27. The van der Waals surface area contributed by atoms with Gasteiger partial charge in [0.2, 0.25) is 10.0 Å². The van der Waals surface area contributed by atoms with Gasteiger partial charge in [0.25, 0.3) is 0 Å². The molecular weight excluding hydrogens is 234 g/mol. The number of rotatable bonds is 5. The zero-order chi connectivity index (χ0) is 11.3. The minimum atomic E-state index is -3.14. The summed E-state index contributed by atoms with van der Waals surface area (Å²) in [6.45, 7) is 1.94. The summed E-state index contributed by atoms with van der Waals surface area (Å²) in [5.74, 6) is 0.350. The molecule has 0 radical (unpaired) electrons. The molecule has 15 heavy (non-hydrogen) atoms. The van der Waals surface area contributed by atoms with Crippen LogP contribution in [0.2, 0.25) is 0 Å². The molecule has 1 atom stereocenters. The molecule has 0 bridgehead atoms. The van der Waals surface area contributed by atoms with E-state index in [1.807, 2.05) is 6.92 Å². The molecule has 0 aliphatic heterocycles. The van der Waals surface area contributed by atoms with Crippen LogP contribution >= 0.6 is 11.6 Å². The lowest BCUT2D eigenvalue weighted by molar-refractivity contribution is 0.471. The molecule has 1 fully saturated rings. The zero-order valence-electron chi connectivity index (χ0n) is 9.21. The first-order valence-electron chi connectivity index (χ1n) is 5.67. The van der Waals surface area contributed by atoms with Gasteiger partial charge in [-0.2, -0.15) is 0 Å². The third-order valence-electron chi connectivity index (χ3n) is 3.00. The van der Waals surface area contributed by atoms with E-state index in [4.69, 9.17) is 11.6 Å². The first-order valence-corrected chi connectivity index (χ1v) is 7.75. The third kappa shape index (κ3) is 3.93. The predicted molar refractivity (Wildman–Crippen MR) is 63.7 cm³/mol. The van der Waals surface area contributed by atoms with Gasteiger partial charge in [0.05, 0.1) is 5.25 Å². The number of nitrogens with one attached hydrogen (secondary N) is 1. The maximum atomic E-state index is 11.9. The Hall–Kier alpha value is 0.200. The lowest BCUT2D eigenvalue weighted by Gasteiger charge is -2.24. The fourth-order valence-electron chi connectivity index (χ4n) is 1.93. The average molecular weight is 254 g/mol. The molecule has 90 valence electrons. The molecule has 3 nitrogen and oxygen atoms in total. The van der Waals surface area contributed by atoms with Gasteiger partial charge in [-0.1, -0.05) is 26.2 Å². The van der Waals surface area contributed by atoms with Crippen LogP contribution in [0.15, 0.2) is 0 Å². The molecule has 1 N–H and O–H groups in total. The Morgan fingerprint density at radius 1 is 1.33 bits per heavy atom. The van der Waals surface area contributed by atoms with Gasteiger partial charge in [-0.25, -0.2) is 13.1 Å². The molecule has 1 aliphatic rings. The summed E-state index contributed by atoms with van der Waals surface area (Å²) in [6.07, 6.45) is 5.57. The summed E-state index contributed by atoms with van der Waals surface area (Å²) in [4.78, 5) is 0. The number of alkyl halides is 1. The van der Waals surface area contributed by atoms with E-state index >= 15 is 0 Å². The Kier molecular flexibility index (Phi) is 5.36. The van der Waals surface area contributed by atoms with Crippen molar-refractivity contribution in [3.63, 3.8) is 0 Å². The van der Waals surface area contributed by atoms with Crippen molar-refractivity contribution in [1.82, 2.24) is 4.72 Å². The van der Waals surface area contributed by atoms with E-state index in [0.29, 0.717) is 5.88 Å². The zero-order valence-corrected chi connectivity index (χ0v) is 10.8. The molecule has 0 spiro atoms. The van der Waals surface area contributed by atoms with Crippen LogP contribution in [0, 0.1) is 0 Å². The first-order chi connectivity index (χ1) is 7.10. The van der Waals surface area contributed by atoms with Crippen molar-refractivity contribution in [3.05, 3.63) is 0 Å². The van der Waals surface area contributed by atoms with Crippen molar-refractivity contribution in [3.8, 4) is 0 Å². The van der Waals surface area contributed by atoms with Crippen LogP contribution < -0.4 is 4.72 Å². The molecule has 5 heteroatoms. The summed E-state index contributed by atoms with van der Waals surface area (Å²) in [7, 11) is -3.14. The van der Waals surface area contributed by atoms with Gasteiger partial charge >= 0.3 is 0 Å². The molecule has 1 saturated carbocycles. The van der Waals surface area contributed by atoms with Crippen LogP contribution in [0.1, 0.15) is 45.4 Å². The highest BCUT2D eigenvalue weighted by Gasteiger charge is 2.28. The number of sulfonamides is 1. The van der Waals surface area contributed by atoms with Gasteiger partial charge < -0.3 is 0 Å². The number of hydrogen-bond donors (Lipinski definition) is 1. The van der Waals surface area contributed by atoms with Gasteiger partial charge in [-0.15, -0.1) is 11.6 Å².